The van der Waals surface area contributed by atoms with Gasteiger partial charge in [0.15, 0.2) is 0 Å². The fourth-order valence-electron chi connectivity index (χ4n) is 3.16. The first kappa shape index (κ1) is 16.3. The molecule has 0 saturated carbocycles. The summed E-state index contributed by atoms with van der Waals surface area (Å²) in [6.07, 6.45) is 3.79. The topological polar surface area (TPSA) is 49.1 Å². The highest BCUT2D eigenvalue weighted by Gasteiger charge is 2.24. The lowest BCUT2D eigenvalue weighted by Gasteiger charge is -2.32. The quantitative estimate of drug-likeness (QED) is 0.825. The third kappa shape index (κ3) is 2.94. The molecule has 0 atom stereocenters. The third-order valence-corrected chi connectivity index (χ3v) is 4.54. The van der Waals surface area contributed by atoms with E-state index < -0.39 is 0 Å². The summed E-state index contributed by atoms with van der Waals surface area (Å²) < 4.78 is 5.39. The van der Waals surface area contributed by atoms with Crippen LogP contribution in [0.3, 0.4) is 0 Å². The minimum absolute atomic E-state index is 0.0719. The molecule has 0 bridgehead atoms. The maximum Gasteiger partial charge on any atom is 0.133 e. The van der Waals surface area contributed by atoms with Crippen LogP contribution in [0.2, 0.25) is 0 Å². The fourth-order valence-corrected chi connectivity index (χ4v) is 3.16. The lowest BCUT2D eigenvalue weighted by molar-refractivity contribution is 0.414. The van der Waals surface area contributed by atoms with Crippen molar-refractivity contribution in [2.75, 3.05) is 18.6 Å². The Kier molecular flexibility index (Phi) is 4.19. The van der Waals surface area contributed by atoms with Crippen LogP contribution in [-0.4, -0.2) is 18.6 Å². The Morgan fingerprint density at radius 2 is 2.04 bits per heavy atom. The SMILES string of the molecule is COc1cc(C#N)c2c(c1)N(c1cc(C(C)(C)C)ccn1)CCC2. The summed E-state index contributed by atoms with van der Waals surface area (Å²) in [4.78, 5) is 6.79. The van der Waals surface area contributed by atoms with Gasteiger partial charge in [0.1, 0.15) is 11.6 Å². The van der Waals surface area contributed by atoms with Gasteiger partial charge in [0, 0.05) is 18.8 Å². The van der Waals surface area contributed by atoms with Crippen molar-refractivity contribution in [3.05, 3.63) is 47.2 Å². The van der Waals surface area contributed by atoms with E-state index in [9.17, 15) is 5.26 Å². The largest absolute Gasteiger partial charge is 0.497 e. The van der Waals surface area contributed by atoms with Gasteiger partial charge >= 0.3 is 0 Å². The maximum absolute atomic E-state index is 9.48. The average Bonchev–Trinajstić information content (AvgIpc) is 2.59. The lowest BCUT2D eigenvalue weighted by atomic mass is 9.87. The molecule has 2 heterocycles. The minimum Gasteiger partial charge on any atom is -0.497 e. The molecule has 1 aromatic carbocycles. The van der Waals surface area contributed by atoms with Gasteiger partial charge in [0.25, 0.3) is 0 Å². The van der Waals surface area contributed by atoms with E-state index in [0.717, 1.165) is 36.5 Å². The number of methoxy groups -OCH3 is 1. The van der Waals surface area contributed by atoms with Crippen molar-refractivity contribution in [2.45, 2.75) is 39.0 Å². The molecule has 0 N–H and O–H groups in total. The number of rotatable bonds is 2. The van der Waals surface area contributed by atoms with Crippen molar-refractivity contribution >= 4 is 11.5 Å². The molecule has 24 heavy (non-hydrogen) atoms. The second-order valence-electron chi connectivity index (χ2n) is 7.19. The van der Waals surface area contributed by atoms with Gasteiger partial charge < -0.3 is 9.64 Å². The van der Waals surface area contributed by atoms with Crippen LogP contribution in [0.1, 0.15) is 43.9 Å². The summed E-state index contributed by atoms with van der Waals surface area (Å²) in [5.74, 6) is 1.64. The number of nitrogens with zero attached hydrogens (tertiary/aromatic N) is 3. The number of hydrogen-bond donors (Lipinski definition) is 0. The summed E-state index contributed by atoms with van der Waals surface area (Å²) >= 11 is 0. The zero-order valence-electron chi connectivity index (χ0n) is 14.8. The van der Waals surface area contributed by atoms with Gasteiger partial charge in [0.05, 0.1) is 24.4 Å². The molecule has 4 nitrogen and oxygen atoms in total. The number of pyridine rings is 1. The first-order valence-electron chi connectivity index (χ1n) is 8.29. The second-order valence-corrected chi connectivity index (χ2v) is 7.19. The standard InChI is InChI=1S/C20H23N3O/c1-20(2,3)15-7-8-22-19(11-15)23-9-5-6-17-14(13-21)10-16(24-4)12-18(17)23/h7-8,10-12H,5-6,9H2,1-4H3. The van der Waals surface area contributed by atoms with Crippen molar-refractivity contribution in [1.29, 1.82) is 5.26 Å². The number of hydrogen-bond acceptors (Lipinski definition) is 4. The van der Waals surface area contributed by atoms with Crippen molar-refractivity contribution in [1.82, 2.24) is 4.98 Å². The van der Waals surface area contributed by atoms with E-state index in [4.69, 9.17) is 4.74 Å². The van der Waals surface area contributed by atoms with Crippen LogP contribution in [0, 0.1) is 11.3 Å². The Labute approximate surface area is 143 Å². The molecular formula is C20H23N3O. The van der Waals surface area contributed by atoms with Crippen LogP contribution in [0.15, 0.2) is 30.5 Å². The van der Waals surface area contributed by atoms with Crippen molar-refractivity contribution in [2.24, 2.45) is 0 Å². The Balaban J connectivity index is 2.12. The summed E-state index contributed by atoms with van der Waals surface area (Å²) in [6.45, 7) is 7.50. The lowest BCUT2D eigenvalue weighted by Crippen LogP contribution is -2.26. The smallest absolute Gasteiger partial charge is 0.133 e. The minimum atomic E-state index is 0.0719. The molecular weight excluding hydrogens is 298 g/mol. The Bertz CT molecular complexity index is 800. The number of benzene rings is 1. The van der Waals surface area contributed by atoms with Crippen LogP contribution in [-0.2, 0) is 11.8 Å². The van der Waals surface area contributed by atoms with E-state index >= 15 is 0 Å². The first-order valence-corrected chi connectivity index (χ1v) is 8.29. The summed E-state index contributed by atoms with van der Waals surface area (Å²) in [5, 5.41) is 9.48. The molecule has 1 aliphatic rings. The predicted molar refractivity (Wildman–Crippen MR) is 96.0 cm³/mol. The molecule has 0 radical (unpaired) electrons. The van der Waals surface area contributed by atoms with Crippen molar-refractivity contribution in [3.8, 4) is 11.8 Å². The highest BCUT2D eigenvalue weighted by molar-refractivity contribution is 5.71. The number of anilines is 2. The highest BCUT2D eigenvalue weighted by Crippen LogP contribution is 2.38. The zero-order chi connectivity index (χ0) is 17.3. The van der Waals surface area contributed by atoms with E-state index in [-0.39, 0.29) is 5.41 Å². The monoisotopic (exact) mass is 321 g/mol. The van der Waals surface area contributed by atoms with Crippen LogP contribution < -0.4 is 9.64 Å². The van der Waals surface area contributed by atoms with E-state index in [1.54, 1.807) is 7.11 Å². The second kappa shape index (κ2) is 6.16. The molecule has 0 fully saturated rings. The molecule has 0 spiro atoms. The van der Waals surface area contributed by atoms with Gasteiger partial charge in [-0.3, -0.25) is 0 Å². The van der Waals surface area contributed by atoms with Crippen LogP contribution in [0.5, 0.6) is 5.75 Å². The number of fused-ring (bicyclic) bond motifs is 1. The molecule has 4 heteroatoms. The summed E-state index contributed by atoms with van der Waals surface area (Å²) in [7, 11) is 1.63. The highest BCUT2D eigenvalue weighted by atomic mass is 16.5. The zero-order valence-corrected chi connectivity index (χ0v) is 14.8. The predicted octanol–water partition coefficient (Wildman–Crippen LogP) is 4.34. The molecule has 2 aromatic rings. The average molecular weight is 321 g/mol. The van der Waals surface area contributed by atoms with E-state index in [2.05, 4.69) is 48.9 Å². The Hall–Kier alpha value is -2.54. The molecule has 1 aromatic heterocycles. The maximum atomic E-state index is 9.48. The van der Waals surface area contributed by atoms with Crippen LogP contribution in [0.25, 0.3) is 0 Å². The Morgan fingerprint density at radius 3 is 2.71 bits per heavy atom. The Morgan fingerprint density at radius 1 is 1.25 bits per heavy atom. The molecule has 1 aliphatic heterocycles. The third-order valence-electron chi connectivity index (χ3n) is 4.54. The van der Waals surface area contributed by atoms with Gasteiger partial charge in [-0.25, -0.2) is 4.98 Å². The molecule has 0 saturated heterocycles. The summed E-state index contributed by atoms with van der Waals surface area (Å²) in [6, 6.07) is 10.4. The number of nitriles is 1. The van der Waals surface area contributed by atoms with Gasteiger partial charge in [-0.05, 0) is 47.6 Å². The van der Waals surface area contributed by atoms with Gasteiger partial charge in [0.2, 0.25) is 0 Å². The molecule has 3 rings (SSSR count). The first-order chi connectivity index (χ1) is 11.4. The van der Waals surface area contributed by atoms with Gasteiger partial charge in [-0.2, -0.15) is 5.26 Å². The number of aromatic nitrogens is 1. The van der Waals surface area contributed by atoms with Crippen LogP contribution >= 0.6 is 0 Å². The van der Waals surface area contributed by atoms with Crippen LogP contribution in [0.4, 0.5) is 11.5 Å². The van der Waals surface area contributed by atoms with Gasteiger partial charge in [-0.15, -0.1) is 0 Å². The molecule has 0 aliphatic carbocycles. The number of ether oxygens (including phenoxy) is 1. The van der Waals surface area contributed by atoms with E-state index in [0.29, 0.717) is 11.3 Å². The fraction of sp³-hybridized carbons (Fsp3) is 0.400. The molecule has 0 amide bonds. The van der Waals surface area contributed by atoms with E-state index in [1.807, 2.05) is 18.3 Å². The van der Waals surface area contributed by atoms with Crippen molar-refractivity contribution < 1.29 is 4.74 Å². The van der Waals surface area contributed by atoms with E-state index in [1.165, 1.54) is 5.56 Å². The normalized spacial score (nSPS) is 14.0. The summed E-state index contributed by atoms with van der Waals surface area (Å²) in [5.41, 5.74) is 4.15. The van der Waals surface area contributed by atoms with Gasteiger partial charge in [-0.1, -0.05) is 20.8 Å². The molecule has 124 valence electrons. The molecule has 0 unspecified atom stereocenters. The van der Waals surface area contributed by atoms with Crippen molar-refractivity contribution in [3.63, 3.8) is 0 Å².